The molecule has 0 fully saturated rings. The van der Waals surface area contributed by atoms with Gasteiger partial charge in [-0.25, -0.2) is 27.3 Å². The van der Waals surface area contributed by atoms with E-state index in [9.17, 15) is 49.1 Å². The monoisotopic (exact) mass is 528 g/mol. The molecule has 5 nitrogen and oxygen atoms in total. The lowest BCUT2D eigenvalue weighted by Crippen LogP contribution is -2.45. The van der Waals surface area contributed by atoms with Crippen LogP contribution in [0.15, 0.2) is 24.3 Å². The Morgan fingerprint density at radius 3 is 2.06 bits per heavy atom. The van der Waals surface area contributed by atoms with E-state index in [0.717, 1.165) is 0 Å². The number of anilines is 1. The second kappa shape index (κ2) is 9.17. The maximum atomic E-state index is 13.9. The van der Waals surface area contributed by atoms with Gasteiger partial charge in [0.15, 0.2) is 17.5 Å². The lowest BCUT2D eigenvalue weighted by Gasteiger charge is -2.25. The number of rotatable bonds is 5. The van der Waals surface area contributed by atoms with E-state index < -0.39 is 74.9 Å². The van der Waals surface area contributed by atoms with Crippen molar-refractivity contribution in [2.24, 2.45) is 5.73 Å². The van der Waals surface area contributed by atoms with E-state index in [1.165, 1.54) is 0 Å². The van der Waals surface area contributed by atoms with Crippen molar-refractivity contribution in [3.05, 3.63) is 57.3 Å². The molecule has 0 radical (unpaired) electrons. The predicted octanol–water partition coefficient (Wildman–Crippen LogP) is 6.01. The fraction of sp³-hybridized carbons (Fsp3) is 0.176. The minimum absolute atomic E-state index is 0.125. The summed E-state index contributed by atoms with van der Waals surface area (Å²) in [5, 5.41) is -1.92. The number of primary amides is 1. The molecule has 0 saturated heterocycles. The highest BCUT2D eigenvalue weighted by Gasteiger charge is 2.59. The third-order valence-electron chi connectivity index (χ3n) is 3.76. The first kappa shape index (κ1) is 26.4. The van der Waals surface area contributed by atoms with Crippen molar-refractivity contribution < 1.29 is 53.8 Å². The van der Waals surface area contributed by atoms with Crippen LogP contribution in [0.3, 0.4) is 0 Å². The number of hydrogen-bond donors (Lipinski definition) is 1. The molecule has 0 spiro atoms. The van der Waals surface area contributed by atoms with Crippen LogP contribution in [0.1, 0.15) is 10.4 Å². The Labute approximate surface area is 187 Å². The summed E-state index contributed by atoms with van der Waals surface area (Å²) in [4.78, 5) is 24.2. The summed E-state index contributed by atoms with van der Waals surface area (Å²) >= 11 is 11.3. The van der Waals surface area contributed by atoms with Gasteiger partial charge in [0.1, 0.15) is 5.75 Å². The summed E-state index contributed by atoms with van der Waals surface area (Å²) in [7, 11) is 0. The molecular weight excluding hydrogens is 522 g/mol. The largest absolute Gasteiger partial charge is 0.439 e. The minimum Gasteiger partial charge on any atom is -0.428 e. The lowest BCUT2D eigenvalue weighted by atomic mass is 10.1. The van der Waals surface area contributed by atoms with Crippen LogP contribution in [0.25, 0.3) is 0 Å². The van der Waals surface area contributed by atoms with Gasteiger partial charge in [0.2, 0.25) is 0 Å². The number of carbonyl (C=O) groups is 2. The summed E-state index contributed by atoms with van der Waals surface area (Å²) < 4.78 is 121. The van der Waals surface area contributed by atoms with Gasteiger partial charge in [-0.3, -0.25) is 4.79 Å². The van der Waals surface area contributed by atoms with Crippen molar-refractivity contribution in [2.45, 2.75) is 18.5 Å². The number of alkyl halides is 6. The molecule has 2 N–H and O–H groups in total. The van der Waals surface area contributed by atoms with E-state index in [1.54, 1.807) is 0 Å². The van der Waals surface area contributed by atoms with Gasteiger partial charge in [-0.1, -0.05) is 23.2 Å². The SMILES string of the molecule is NC(=O)N(C(=O)c1ccc(F)c(F)c1F)c1cc(Cl)c(OC(F)(F)C(F)C(F)(F)F)cc1Cl. The second-order valence-electron chi connectivity index (χ2n) is 6.00. The molecule has 0 aliphatic carbocycles. The van der Waals surface area contributed by atoms with Gasteiger partial charge >= 0.3 is 18.3 Å². The van der Waals surface area contributed by atoms with Gasteiger partial charge in [0, 0.05) is 6.07 Å². The summed E-state index contributed by atoms with van der Waals surface area (Å²) in [6.45, 7) is 0. The number of halogens is 11. The van der Waals surface area contributed by atoms with E-state index in [4.69, 9.17) is 28.9 Å². The zero-order chi connectivity index (χ0) is 25.5. The average Bonchev–Trinajstić information content (AvgIpc) is 2.68. The first-order valence-electron chi connectivity index (χ1n) is 8.03. The van der Waals surface area contributed by atoms with E-state index in [-0.39, 0.29) is 11.0 Å². The summed E-state index contributed by atoms with van der Waals surface area (Å²) in [5.41, 5.74) is 2.97. The van der Waals surface area contributed by atoms with Crippen molar-refractivity contribution in [3.8, 4) is 5.75 Å². The fourth-order valence-corrected chi connectivity index (χ4v) is 2.73. The molecule has 2 aromatic carbocycles. The molecule has 0 heterocycles. The average molecular weight is 529 g/mol. The molecule has 180 valence electrons. The molecule has 1 atom stereocenters. The number of amides is 3. The Kier molecular flexibility index (Phi) is 7.33. The molecule has 16 heteroatoms. The zero-order valence-electron chi connectivity index (χ0n) is 15.3. The lowest BCUT2D eigenvalue weighted by molar-refractivity contribution is -0.304. The molecule has 0 aromatic heterocycles. The number of nitrogens with zero attached hydrogens (tertiary/aromatic N) is 1. The molecule has 2 aromatic rings. The summed E-state index contributed by atoms with van der Waals surface area (Å²) in [5.74, 6) is -8.79. The third-order valence-corrected chi connectivity index (χ3v) is 4.36. The van der Waals surface area contributed by atoms with Crippen molar-refractivity contribution >= 4 is 40.8 Å². The Morgan fingerprint density at radius 2 is 1.55 bits per heavy atom. The van der Waals surface area contributed by atoms with Gasteiger partial charge in [-0.15, -0.1) is 0 Å². The van der Waals surface area contributed by atoms with Crippen molar-refractivity contribution in [3.63, 3.8) is 0 Å². The van der Waals surface area contributed by atoms with Crippen LogP contribution in [0, 0.1) is 17.5 Å². The second-order valence-corrected chi connectivity index (χ2v) is 6.82. The molecule has 0 bridgehead atoms. The summed E-state index contributed by atoms with van der Waals surface area (Å²) in [6.07, 6.45) is -16.2. The van der Waals surface area contributed by atoms with Gasteiger partial charge in [-0.2, -0.15) is 22.0 Å². The Morgan fingerprint density at radius 1 is 0.970 bits per heavy atom. The first-order chi connectivity index (χ1) is 15.0. The quantitative estimate of drug-likeness (QED) is 0.381. The third kappa shape index (κ3) is 5.38. The minimum atomic E-state index is -6.01. The number of benzene rings is 2. The van der Waals surface area contributed by atoms with Crippen LogP contribution in [0.2, 0.25) is 10.0 Å². The zero-order valence-corrected chi connectivity index (χ0v) is 16.8. The standard InChI is InChI=1S/C17H7Cl2F9N2O3/c18-6-4-10(33-17(27,28)14(23)16(24,25)26)7(19)3-9(6)30(15(29)32)13(31)5-1-2-8(20)12(22)11(5)21/h1-4,14H,(H2,29,32). The summed E-state index contributed by atoms with van der Waals surface area (Å²) in [6, 6.07) is -0.218. The Hall–Kier alpha value is -2.87. The predicted molar refractivity (Wildman–Crippen MR) is 95.7 cm³/mol. The van der Waals surface area contributed by atoms with Crippen LogP contribution in [0.4, 0.5) is 50.0 Å². The molecular formula is C17H7Cl2F9N2O3. The molecule has 0 aliphatic heterocycles. The van der Waals surface area contributed by atoms with E-state index in [0.29, 0.717) is 18.2 Å². The maximum absolute atomic E-state index is 13.9. The van der Waals surface area contributed by atoms with E-state index >= 15 is 0 Å². The topological polar surface area (TPSA) is 72.6 Å². The fourth-order valence-electron chi connectivity index (χ4n) is 2.30. The van der Waals surface area contributed by atoms with Crippen LogP contribution >= 0.6 is 23.2 Å². The number of imide groups is 1. The van der Waals surface area contributed by atoms with Crippen molar-refractivity contribution in [2.75, 3.05) is 4.90 Å². The number of urea groups is 1. The van der Waals surface area contributed by atoms with Gasteiger partial charge < -0.3 is 10.5 Å². The van der Waals surface area contributed by atoms with E-state index in [1.807, 2.05) is 0 Å². The highest BCUT2D eigenvalue weighted by molar-refractivity contribution is 6.38. The number of hydrogen-bond acceptors (Lipinski definition) is 3. The van der Waals surface area contributed by atoms with Gasteiger partial charge in [0.25, 0.3) is 12.1 Å². The van der Waals surface area contributed by atoms with Crippen LogP contribution in [0.5, 0.6) is 5.75 Å². The maximum Gasteiger partial charge on any atom is 0.439 e. The number of carbonyl (C=O) groups excluding carboxylic acids is 2. The highest BCUT2D eigenvalue weighted by atomic mass is 35.5. The Bertz CT molecular complexity index is 1110. The molecule has 33 heavy (non-hydrogen) atoms. The van der Waals surface area contributed by atoms with Gasteiger partial charge in [-0.05, 0) is 18.2 Å². The highest BCUT2D eigenvalue weighted by Crippen LogP contribution is 2.42. The van der Waals surface area contributed by atoms with Gasteiger partial charge in [0.05, 0.1) is 21.3 Å². The normalized spacial score (nSPS) is 12.9. The first-order valence-corrected chi connectivity index (χ1v) is 8.78. The molecule has 0 aliphatic rings. The smallest absolute Gasteiger partial charge is 0.428 e. The van der Waals surface area contributed by atoms with E-state index in [2.05, 4.69) is 4.74 Å². The molecule has 1 unspecified atom stereocenters. The number of ether oxygens (including phenoxy) is 1. The van der Waals surface area contributed by atoms with Crippen LogP contribution in [-0.4, -0.2) is 30.4 Å². The molecule has 2 rings (SSSR count). The number of nitrogens with two attached hydrogens (primary N) is 1. The Balaban J connectivity index is 2.51. The van der Waals surface area contributed by atoms with Crippen molar-refractivity contribution in [1.82, 2.24) is 0 Å². The molecule has 0 saturated carbocycles. The molecule has 3 amide bonds. The van der Waals surface area contributed by atoms with Crippen molar-refractivity contribution in [1.29, 1.82) is 0 Å². The van der Waals surface area contributed by atoms with Crippen LogP contribution in [-0.2, 0) is 0 Å². The van der Waals surface area contributed by atoms with Crippen LogP contribution < -0.4 is 15.4 Å².